The Hall–Kier alpha value is -2.91. The van der Waals surface area contributed by atoms with Gasteiger partial charge in [0.15, 0.2) is 5.76 Å². The van der Waals surface area contributed by atoms with Crippen LogP contribution < -0.4 is 10.6 Å². The molecule has 5 rings (SSSR count). The van der Waals surface area contributed by atoms with Gasteiger partial charge in [-0.25, -0.2) is 4.98 Å². The number of nitrogen functional groups attached to an aromatic ring is 1. The van der Waals surface area contributed by atoms with Gasteiger partial charge in [0.25, 0.3) is 0 Å². The summed E-state index contributed by atoms with van der Waals surface area (Å²) in [7, 11) is 0. The first-order valence-electron chi connectivity index (χ1n) is 9.48. The van der Waals surface area contributed by atoms with Crippen LogP contribution in [0.4, 0.5) is 11.8 Å². The van der Waals surface area contributed by atoms with Crippen LogP contribution in [-0.4, -0.2) is 64.0 Å². The summed E-state index contributed by atoms with van der Waals surface area (Å²) < 4.78 is 11.9. The molecule has 0 aromatic carbocycles. The van der Waals surface area contributed by atoms with Crippen LogP contribution in [-0.2, 0) is 11.3 Å². The molecule has 0 spiro atoms. The quantitative estimate of drug-likeness (QED) is 0.698. The molecule has 3 aromatic rings. The van der Waals surface area contributed by atoms with Crippen LogP contribution in [0.5, 0.6) is 0 Å². The lowest BCUT2D eigenvalue weighted by atomic mass is 10.1. The summed E-state index contributed by atoms with van der Waals surface area (Å²) in [4.78, 5) is 13.2. The highest BCUT2D eigenvalue weighted by atomic mass is 16.5. The van der Waals surface area contributed by atoms with Crippen LogP contribution in [0.15, 0.2) is 41.1 Å². The molecule has 2 atom stereocenters. The highest BCUT2D eigenvalue weighted by molar-refractivity contribution is 5.51. The molecule has 28 heavy (non-hydrogen) atoms. The molecule has 2 bridgehead atoms. The van der Waals surface area contributed by atoms with Gasteiger partial charge < -0.3 is 19.8 Å². The summed E-state index contributed by atoms with van der Waals surface area (Å²) in [6.45, 7) is 4.92. The molecule has 2 fully saturated rings. The summed E-state index contributed by atoms with van der Waals surface area (Å²) in [5, 5.41) is 6.92. The number of aromatic amines is 1. The van der Waals surface area contributed by atoms with Crippen LogP contribution in [0.3, 0.4) is 0 Å². The molecule has 9 heteroatoms. The summed E-state index contributed by atoms with van der Waals surface area (Å²) in [5.41, 5.74) is 6.69. The summed E-state index contributed by atoms with van der Waals surface area (Å²) >= 11 is 0. The number of nitrogens with one attached hydrogen (secondary N) is 1. The number of hydrogen-bond acceptors (Lipinski definition) is 8. The average molecular weight is 381 g/mol. The number of hydrogen-bond donors (Lipinski definition) is 2. The van der Waals surface area contributed by atoms with Crippen LogP contribution in [0, 0.1) is 5.92 Å². The molecule has 0 amide bonds. The van der Waals surface area contributed by atoms with Gasteiger partial charge in [-0.2, -0.15) is 10.1 Å². The maximum atomic E-state index is 6.03. The average Bonchev–Trinajstić information content (AvgIpc) is 3.28. The topological polar surface area (TPSA) is 109 Å². The maximum Gasteiger partial charge on any atom is 0.221 e. The van der Waals surface area contributed by atoms with Crippen LogP contribution in [0.2, 0.25) is 0 Å². The second-order valence-electron chi connectivity index (χ2n) is 7.41. The smallest absolute Gasteiger partial charge is 0.221 e. The van der Waals surface area contributed by atoms with Gasteiger partial charge in [0.05, 0.1) is 25.8 Å². The first kappa shape index (κ1) is 17.2. The number of fused-ring (bicyclic) bond motifs is 3. The van der Waals surface area contributed by atoms with Crippen molar-refractivity contribution in [3.63, 3.8) is 0 Å². The SMILES string of the molecule is Nc1nccc(N2C[C@H]3COC[C@@H]2CN(Cc2ccc(-c4ccn[nH]4)o2)C3)n1. The van der Waals surface area contributed by atoms with Crippen LogP contribution >= 0.6 is 0 Å². The fourth-order valence-electron chi connectivity index (χ4n) is 4.09. The second kappa shape index (κ2) is 7.25. The van der Waals surface area contributed by atoms with E-state index in [2.05, 4.69) is 30.0 Å². The van der Waals surface area contributed by atoms with E-state index in [9.17, 15) is 0 Å². The number of ether oxygens (including phenoxy) is 1. The van der Waals surface area contributed by atoms with Crippen molar-refractivity contribution < 1.29 is 9.15 Å². The van der Waals surface area contributed by atoms with Crippen molar-refractivity contribution in [2.45, 2.75) is 12.6 Å². The van der Waals surface area contributed by atoms with Gasteiger partial charge in [-0.3, -0.25) is 10.00 Å². The molecule has 2 aliphatic rings. The van der Waals surface area contributed by atoms with E-state index in [-0.39, 0.29) is 6.04 Å². The highest BCUT2D eigenvalue weighted by Gasteiger charge is 2.34. The zero-order valence-corrected chi connectivity index (χ0v) is 15.5. The van der Waals surface area contributed by atoms with Gasteiger partial charge in [-0.15, -0.1) is 0 Å². The molecule has 9 nitrogen and oxygen atoms in total. The number of H-pyrrole nitrogens is 1. The molecule has 0 saturated carbocycles. The minimum absolute atomic E-state index is 0.212. The standard InChI is InChI=1S/C19H23N7O2/c20-19-21-5-4-18(23-19)26-8-13-7-25(9-14(26)12-27-11-13)10-15-1-2-17(28-15)16-3-6-22-24-16/h1-6,13-14H,7-12H2,(H,22,24)(H2,20,21,23)/t13-,14-/m0/s1. The number of aromatic nitrogens is 4. The Kier molecular flexibility index (Phi) is 4.46. The van der Waals surface area contributed by atoms with Gasteiger partial charge >= 0.3 is 0 Å². The molecular weight excluding hydrogens is 358 g/mol. The molecule has 2 aliphatic heterocycles. The summed E-state index contributed by atoms with van der Waals surface area (Å²) in [5.74, 6) is 3.32. The second-order valence-corrected chi connectivity index (χ2v) is 7.41. The minimum atomic E-state index is 0.212. The Morgan fingerprint density at radius 1 is 1.11 bits per heavy atom. The molecular formula is C19H23N7O2. The number of nitrogens with two attached hydrogens (primary N) is 1. The highest BCUT2D eigenvalue weighted by Crippen LogP contribution is 2.27. The lowest BCUT2D eigenvalue weighted by Crippen LogP contribution is -2.44. The van der Waals surface area contributed by atoms with Gasteiger partial charge in [0, 0.05) is 37.9 Å². The van der Waals surface area contributed by atoms with Crippen molar-refractivity contribution in [3.8, 4) is 11.5 Å². The fraction of sp³-hybridized carbons (Fsp3) is 0.421. The van der Waals surface area contributed by atoms with Crippen molar-refractivity contribution >= 4 is 11.8 Å². The third-order valence-corrected chi connectivity index (χ3v) is 5.31. The number of anilines is 2. The van der Waals surface area contributed by atoms with Crippen molar-refractivity contribution in [2.75, 3.05) is 43.5 Å². The van der Waals surface area contributed by atoms with E-state index in [1.165, 1.54) is 0 Å². The van der Waals surface area contributed by atoms with Crippen molar-refractivity contribution in [3.05, 3.63) is 42.4 Å². The Bertz CT molecular complexity index is 926. The van der Waals surface area contributed by atoms with Gasteiger partial charge in [0.1, 0.15) is 17.3 Å². The molecule has 0 aliphatic carbocycles. The molecule has 0 unspecified atom stereocenters. The van der Waals surface area contributed by atoms with Crippen LogP contribution in [0.1, 0.15) is 5.76 Å². The third-order valence-electron chi connectivity index (χ3n) is 5.31. The van der Waals surface area contributed by atoms with Crippen molar-refractivity contribution in [2.24, 2.45) is 5.92 Å². The lowest BCUT2D eigenvalue weighted by Gasteiger charge is -2.31. The Labute approximate surface area is 162 Å². The van der Waals surface area contributed by atoms with E-state index >= 15 is 0 Å². The third kappa shape index (κ3) is 3.46. The normalized spacial score (nSPS) is 22.9. The predicted molar refractivity (Wildman–Crippen MR) is 103 cm³/mol. The Morgan fingerprint density at radius 2 is 2.07 bits per heavy atom. The maximum absolute atomic E-state index is 6.03. The van der Waals surface area contributed by atoms with E-state index in [1.807, 2.05) is 24.3 Å². The number of nitrogens with zero attached hydrogens (tertiary/aromatic N) is 5. The number of furan rings is 1. The molecule has 5 heterocycles. The van der Waals surface area contributed by atoms with Gasteiger partial charge in [-0.1, -0.05) is 0 Å². The zero-order chi connectivity index (χ0) is 18.9. The van der Waals surface area contributed by atoms with E-state index < -0.39 is 0 Å². The van der Waals surface area contributed by atoms with Crippen molar-refractivity contribution in [1.29, 1.82) is 0 Å². The Morgan fingerprint density at radius 3 is 2.93 bits per heavy atom. The summed E-state index contributed by atoms with van der Waals surface area (Å²) in [6.07, 6.45) is 3.44. The molecule has 0 radical (unpaired) electrons. The molecule has 3 N–H and O–H groups in total. The lowest BCUT2D eigenvalue weighted by molar-refractivity contribution is 0.0607. The largest absolute Gasteiger partial charge is 0.458 e. The fourth-order valence-corrected chi connectivity index (χ4v) is 4.09. The van der Waals surface area contributed by atoms with Gasteiger partial charge in [-0.05, 0) is 24.3 Å². The summed E-state index contributed by atoms with van der Waals surface area (Å²) in [6, 6.07) is 8.06. The van der Waals surface area contributed by atoms with E-state index in [0.29, 0.717) is 18.5 Å². The Balaban J connectivity index is 1.34. The van der Waals surface area contributed by atoms with Crippen LogP contribution in [0.25, 0.3) is 11.5 Å². The first-order valence-corrected chi connectivity index (χ1v) is 9.48. The van der Waals surface area contributed by atoms with Gasteiger partial charge in [0.2, 0.25) is 5.95 Å². The van der Waals surface area contributed by atoms with E-state index in [4.69, 9.17) is 14.9 Å². The predicted octanol–water partition coefficient (Wildman–Crippen LogP) is 1.38. The van der Waals surface area contributed by atoms with E-state index in [0.717, 1.165) is 55.8 Å². The monoisotopic (exact) mass is 381 g/mol. The molecule has 3 aromatic heterocycles. The first-order chi connectivity index (χ1) is 13.7. The minimum Gasteiger partial charge on any atom is -0.458 e. The van der Waals surface area contributed by atoms with E-state index in [1.54, 1.807) is 12.4 Å². The van der Waals surface area contributed by atoms with Crippen molar-refractivity contribution in [1.82, 2.24) is 25.1 Å². The molecule has 146 valence electrons. The molecule has 2 saturated heterocycles. The number of rotatable bonds is 4. The zero-order valence-electron chi connectivity index (χ0n) is 15.5.